The lowest BCUT2D eigenvalue weighted by atomic mass is 10.1. The van der Waals surface area contributed by atoms with Gasteiger partial charge >= 0.3 is 0 Å². The summed E-state index contributed by atoms with van der Waals surface area (Å²) in [4.78, 5) is 2.37. The Morgan fingerprint density at radius 2 is 1.53 bits per heavy atom. The molecule has 1 heterocycles. The third-order valence-corrected chi connectivity index (χ3v) is 6.42. The predicted molar refractivity (Wildman–Crippen MR) is 140 cm³/mol. The quantitative estimate of drug-likeness (QED) is 0.186. The van der Waals surface area contributed by atoms with Crippen molar-refractivity contribution in [3.8, 4) is 17.9 Å². The van der Waals surface area contributed by atoms with E-state index in [1.807, 2.05) is 4.90 Å². The summed E-state index contributed by atoms with van der Waals surface area (Å²) in [5.41, 5.74) is 2.37. The van der Waals surface area contributed by atoms with Crippen LogP contribution in [0.4, 0.5) is 16.4 Å². The van der Waals surface area contributed by atoms with Gasteiger partial charge in [-0.2, -0.15) is 10.5 Å². The van der Waals surface area contributed by atoms with Crippen molar-refractivity contribution in [3.05, 3.63) is 33.7 Å². The molecular weight excluding hydrogens is 514 g/mol. The monoisotopic (exact) mass is 547 g/mol. The summed E-state index contributed by atoms with van der Waals surface area (Å²) in [7, 11) is 1.52. The molecule has 0 unspecified atom stereocenters. The van der Waals surface area contributed by atoms with Gasteiger partial charge in [-0.25, -0.2) is 0 Å². The van der Waals surface area contributed by atoms with E-state index in [1.54, 1.807) is 19.1 Å². The smallest absolute Gasteiger partial charge is 0.158 e. The number of hydrogen-bond acceptors (Lipinski definition) is 13. The van der Waals surface area contributed by atoms with Crippen molar-refractivity contribution < 1.29 is 34.3 Å². The van der Waals surface area contributed by atoms with Crippen molar-refractivity contribution in [2.75, 3.05) is 78.0 Å². The number of nitrogens with zero attached hydrogens (tertiary/aromatic N) is 5. The van der Waals surface area contributed by atoms with E-state index in [0.717, 1.165) is 11.3 Å². The minimum absolute atomic E-state index is 0.0441. The number of aliphatic hydroxyl groups excluding tert-OH is 3. The number of methoxy groups -OCH3 is 1. The molecule has 0 aliphatic carbocycles. The van der Waals surface area contributed by atoms with E-state index in [-0.39, 0.29) is 33.0 Å². The highest BCUT2D eigenvalue weighted by molar-refractivity contribution is 7.16. The van der Waals surface area contributed by atoms with Gasteiger partial charge in [0.15, 0.2) is 5.00 Å². The van der Waals surface area contributed by atoms with Gasteiger partial charge in [0.2, 0.25) is 0 Å². The van der Waals surface area contributed by atoms with Crippen molar-refractivity contribution >= 4 is 27.7 Å². The van der Waals surface area contributed by atoms with Gasteiger partial charge in [0.25, 0.3) is 0 Å². The molecule has 2 aromatic rings. The Morgan fingerprint density at radius 1 is 0.895 bits per heavy atom. The number of nitriles is 2. The summed E-state index contributed by atoms with van der Waals surface area (Å²) in [6.07, 6.45) is 0. The summed E-state index contributed by atoms with van der Waals surface area (Å²) < 4.78 is 21.9. The number of anilines is 1. The van der Waals surface area contributed by atoms with Gasteiger partial charge in [-0.15, -0.1) is 21.6 Å². The standard InChI is InChI=1S/C25H33N5O7S/c1-18-20(15-26)25(38-24(18)16-27)29-28-21-14-23(34-2)22(13-19(21)17-33)30(3-7-35-9-5-31)4-8-36-11-12-37-10-6-32/h13-14,31-33H,3-12,17H2,1-2H3/b29-28+. The van der Waals surface area contributed by atoms with Crippen LogP contribution in [0, 0.1) is 29.6 Å². The second-order valence-corrected chi connectivity index (χ2v) is 8.74. The summed E-state index contributed by atoms with van der Waals surface area (Å²) in [5, 5.41) is 55.3. The Hall–Kier alpha value is -3.14. The summed E-state index contributed by atoms with van der Waals surface area (Å²) in [6.45, 7) is 4.10. The molecule has 0 saturated carbocycles. The third-order valence-electron chi connectivity index (χ3n) is 5.34. The van der Waals surface area contributed by atoms with Crippen molar-refractivity contribution in [3.63, 3.8) is 0 Å². The van der Waals surface area contributed by atoms with Crippen LogP contribution in [-0.4, -0.2) is 88.4 Å². The fourth-order valence-corrected chi connectivity index (χ4v) is 4.27. The minimum Gasteiger partial charge on any atom is -0.495 e. The average Bonchev–Trinajstić information content (AvgIpc) is 3.25. The minimum atomic E-state index is -0.323. The Morgan fingerprint density at radius 3 is 2.08 bits per heavy atom. The number of hydrogen-bond donors (Lipinski definition) is 3. The molecule has 1 aromatic heterocycles. The average molecular weight is 548 g/mol. The Balaban J connectivity index is 2.29. The molecule has 2 rings (SSSR count). The van der Waals surface area contributed by atoms with Crippen LogP contribution in [0.5, 0.6) is 5.75 Å². The number of azo groups is 1. The topological polar surface area (TPSA) is 173 Å². The Bertz CT molecular complexity index is 1130. The molecule has 0 aliphatic rings. The van der Waals surface area contributed by atoms with Crippen LogP contribution in [0.3, 0.4) is 0 Å². The maximum atomic E-state index is 10.1. The molecule has 38 heavy (non-hydrogen) atoms. The van der Waals surface area contributed by atoms with E-state index in [2.05, 4.69) is 22.4 Å². The SMILES string of the molecule is COc1cc(/N=N/c2sc(C#N)c(C)c2C#N)c(CO)cc1N(CCOCCO)CCOCCOCCO. The van der Waals surface area contributed by atoms with Crippen molar-refractivity contribution in [2.45, 2.75) is 13.5 Å². The molecule has 0 fully saturated rings. The summed E-state index contributed by atoms with van der Waals surface area (Å²) >= 11 is 1.08. The van der Waals surface area contributed by atoms with Crippen molar-refractivity contribution in [1.82, 2.24) is 0 Å². The number of rotatable bonds is 18. The van der Waals surface area contributed by atoms with E-state index < -0.39 is 0 Å². The molecule has 3 N–H and O–H groups in total. The van der Waals surface area contributed by atoms with E-state index in [4.69, 9.17) is 29.2 Å². The van der Waals surface area contributed by atoms with Gasteiger partial charge in [-0.05, 0) is 18.6 Å². The third kappa shape index (κ3) is 9.01. The normalized spacial score (nSPS) is 11.0. The molecule has 0 radical (unpaired) electrons. The molecule has 206 valence electrons. The molecule has 12 nitrogen and oxygen atoms in total. The van der Waals surface area contributed by atoms with E-state index >= 15 is 0 Å². The largest absolute Gasteiger partial charge is 0.495 e. The first-order valence-electron chi connectivity index (χ1n) is 11.9. The van der Waals surface area contributed by atoms with E-state index in [1.165, 1.54) is 7.11 Å². The van der Waals surface area contributed by atoms with Crippen LogP contribution in [0.15, 0.2) is 22.4 Å². The van der Waals surface area contributed by atoms with Crippen LogP contribution in [-0.2, 0) is 20.8 Å². The maximum Gasteiger partial charge on any atom is 0.158 e. The van der Waals surface area contributed by atoms with Crippen molar-refractivity contribution in [1.29, 1.82) is 10.5 Å². The highest BCUT2D eigenvalue weighted by Crippen LogP contribution is 2.39. The Labute approximate surface area is 225 Å². The van der Waals surface area contributed by atoms with Gasteiger partial charge < -0.3 is 39.2 Å². The van der Waals surface area contributed by atoms with Gasteiger partial charge in [0.05, 0.1) is 83.5 Å². The van der Waals surface area contributed by atoms with Gasteiger partial charge in [0, 0.05) is 24.7 Å². The number of thiophene rings is 1. The highest BCUT2D eigenvalue weighted by atomic mass is 32.1. The van der Waals surface area contributed by atoms with Crippen LogP contribution in [0.2, 0.25) is 0 Å². The maximum absolute atomic E-state index is 10.1. The lowest BCUT2D eigenvalue weighted by Gasteiger charge is -2.27. The summed E-state index contributed by atoms with van der Waals surface area (Å²) in [5.74, 6) is 0.477. The first kappa shape index (κ1) is 31.1. The molecule has 0 bridgehead atoms. The fourth-order valence-electron chi connectivity index (χ4n) is 3.39. The molecule has 0 spiro atoms. The lowest BCUT2D eigenvalue weighted by molar-refractivity contribution is 0.0347. The molecular formula is C25H33N5O7S. The molecule has 0 atom stereocenters. The molecule has 1 aromatic carbocycles. The number of ether oxygens (including phenoxy) is 4. The van der Waals surface area contributed by atoms with Crippen LogP contribution in [0.1, 0.15) is 21.6 Å². The van der Waals surface area contributed by atoms with Gasteiger partial charge in [-0.1, -0.05) is 0 Å². The number of benzene rings is 1. The zero-order valence-corrected chi connectivity index (χ0v) is 22.4. The van der Waals surface area contributed by atoms with Gasteiger partial charge in [0.1, 0.15) is 22.8 Å². The lowest BCUT2D eigenvalue weighted by Crippen LogP contribution is -2.32. The van der Waals surface area contributed by atoms with Crippen LogP contribution in [0.25, 0.3) is 0 Å². The predicted octanol–water partition coefficient (Wildman–Crippen LogP) is 2.56. The zero-order chi connectivity index (χ0) is 27.8. The molecule has 13 heteroatoms. The second-order valence-electron chi connectivity index (χ2n) is 7.74. The Kier molecular flexibility index (Phi) is 14.2. The van der Waals surface area contributed by atoms with E-state index in [9.17, 15) is 15.6 Å². The fraction of sp³-hybridized carbons (Fsp3) is 0.520. The first-order chi connectivity index (χ1) is 18.5. The van der Waals surface area contributed by atoms with E-state index in [0.29, 0.717) is 83.2 Å². The molecule has 0 amide bonds. The van der Waals surface area contributed by atoms with Crippen LogP contribution >= 0.6 is 11.3 Å². The van der Waals surface area contributed by atoms with Crippen molar-refractivity contribution in [2.24, 2.45) is 10.2 Å². The molecule has 0 saturated heterocycles. The first-order valence-corrected chi connectivity index (χ1v) is 12.7. The summed E-state index contributed by atoms with van der Waals surface area (Å²) in [6, 6.07) is 7.51. The number of aliphatic hydroxyl groups is 3. The van der Waals surface area contributed by atoms with Crippen LogP contribution < -0.4 is 9.64 Å². The van der Waals surface area contributed by atoms with Gasteiger partial charge in [-0.3, -0.25) is 0 Å². The second kappa shape index (κ2) is 17.4. The highest BCUT2D eigenvalue weighted by Gasteiger charge is 2.18. The zero-order valence-electron chi connectivity index (χ0n) is 21.6. The molecule has 0 aliphatic heterocycles.